The van der Waals surface area contributed by atoms with Crippen molar-refractivity contribution in [2.45, 2.75) is 25.8 Å². The number of carbonyl (C=O) groups excluding carboxylic acids is 1. The molecule has 2 heterocycles. The minimum atomic E-state index is 0. The molecule has 9 heteroatoms. The van der Waals surface area contributed by atoms with Gasteiger partial charge in [0.15, 0.2) is 5.96 Å². The molecule has 1 aromatic heterocycles. The van der Waals surface area contributed by atoms with Crippen molar-refractivity contribution >= 4 is 47.2 Å². The lowest BCUT2D eigenvalue weighted by atomic mass is 10.2. The summed E-state index contributed by atoms with van der Waals surface area (Å²) in [6.07, 6.45) is 1.40. The Hall–Kier alpha value is -0.910. The van der Waals surface area contributed by atoms with Gasteiger partial charge >= 0.3 is 0 Å². The second-order valence-corrected chi connectivity index (χ2v) is 7.14. The van der Waals surface area contributed by atoms with Crippen LogP contribution in [0, 0.1) is 0 Å². The van der Waals surface area contributed by atoms with E-state index in [4.69, 9.17) is 4.74 Å². The number of nitrogens with one attached hydrogen (secondary N) is 3. The topological polar surface area (TPSA) is 78.0 Å². The van der Waals surface area contributed by atoms with Crippen molar-refractivity contribution in [1.29, 1.82) is 0 Å². The van der Waals surface area contributed by atoms with Crippen LogP contribution in [0.2, 0.25) is 0 Å². The van der Waals surface area contributed by atoms with Crippen LogP contribution in [-0.4, -0.2) is 69.8 Å². The van der Waals surface area contributed by atoms with Crippen molar-refractivity contribution in [3.63, 3.8) is 0 Å². The van der Waals surface area contributed by atoms with E-state index in [2.05, 4.69) is 43.4 Å². The van der Waals surface area contributed by atoms with Gasteiger partial charge in [0, 0.05) is 51.1 Å². The van der Waals surface area contributed by atoms with Gasteiger partial charge in [0.05, 0.1) is 19.3 Å². The van der Waals surface area contributed by atoms with Crippen molar-refractivity contribution in [3.8, 4) is 0 Å². The lowest BCUT2D eigenvalue weighted by Gasteiger charge is -2.34. The molecule has 7 nitrogen and oxygen atoms in total. The minimum Gasteiger partial charge on any atom is -0.379 e. The van der Waals surface area contributed by atoms with Gasteiger partial charge in [-0.1, -0.05) is 13.0 Å². The van der Waals surface area contributed by atoms with Crippen LogP contribution < -0.4 is 16.0 Å². The van der Waals surface area contributed by atoms with E-state index in [-0.39, 0.29) is 29.9 Å². The van der Waals surface area contributed by atoms with E-state index < -0.39 is 0 Å². The normalized spacial score (nSPS) is 16.3. The van der Waals surface area contributed by atoms with Gasteiger partial charge < -0.3 is 20.7 Å². The van der Waals surface area contributed by atoms with E-state index >= 15 is 0 Å². The number of carbonyl (C=O) groups is 1. The maximum atomic E-state index is 11.7. The summed E-state index contributed by atoms with van der Waals surface area (Å²) in [5.41, 5.74) is 0. The molecule has 3 N–H and O–H groups in total. The monoisotopic (exact) mass is 509 g/mol. The summed E-state index contributed by atoms with van der Waals surface area (Å²) in [6, 6.07) is 4.57. The molecule has 2 rings (SSSR count). The highest BCUT2D eigenvalue weighted by Gasteiger charge is 2.23. The predicted octanol–water partition coefficient (Wildman–Crippen LogP) is 1.82. The van der Waals surface area contributed by atoms with Crippen LogP contribution in [0.3, 0.4) is 0 Å². The zero-order valence-corrected chi connectivity index (χ0v) is 19.3. The van der Waals surface area contributed by atoms with Crippen molar-refractivity contribution < 1.29 is 9.53 Å². The molecule has 0 bridgehead atoms. The molecule has 27 heavy (non-hydrogen) atoms. The Morgan fingerprint density at radius 2 is 2.07 bits per heavy atom. The number of hydrogen-bond donors (Lipinski definition) is 3. The van der Waals surface area contributed by atoms with Crippen LogP contribution in [0.25, 0.3) is 0 Å². The minimum absolute atomic E-state index is 0. The fourth-order valence-electron chi connectivity index (χ4n) is 2.84. The lowest BCUT2D eigenvalue weighted by Crippen LogP contribution is -2.46. The summed E-state index contributed by atoms with van der Waals surface area (Å²) in [7, 11) is 1.75. The van der Waals surface area contributed by atoms with Crippen LogP contribution >= 0.6 is 35.3 Å². The van der Waals surface area contributed by atoms with Gasteiger partial charge in [0.2, 0.25) is 5.91 Å². The molecular weight excluding hydrogens is 477 g/mol. The highest BCUT2D eigenvalue weighted by Crippen LogP contribution is 2.25. The maximum Gasteiger partial charge on any atom is 0.221 e. The number of ether oxygens (including phenoxy) is 1. The van der Waals surface area contributed by atoms with Crippen LogP contribution in [-0.2, 0) is 9.53 Å². The summed E-state index contributed by atoms with van der Waals surface area (Å²) in [6.45, 7) is 7.54. The first kappa shape index (κ1) is 24.1. The first-order chi connectivity index (χ1) is 12.7. The average Bonchev–Trinajstić information content (AvgIpc) is 3.20. The maximum absolute atomic E-state index is 11.7. The predicted molar refractivity (Wildman–Crippen MR) is 122 cm³/mol. The molecule has 1 aromatic rings. The SMILES string of the molecule is CCCNC(=O)CCNC(=NC)NCC(c1cccs1)N1CCOCC1.I. The zero-order valence-electron chi connectivity index (χ0n) is 16.2. The molecule has 0 saturated carbocycles. The molecule has 1 unspecified atom stereocenters. The summed E-state index contributed by atoms with van der Waals surface area (Å²) in [5.74, 6) is 0.794. The van der Waals surface area contributed by atoms with Crippen molar-refractivity contribution in [2.24, 2.45) is 4.99 Å². The Morgan fingerprint density at radius 3 is 2.70 bits per heavy atom. The Balaban J connectivity index is 0.00000364. The second kappa shape index (κ2) is 14.1. The molecule has 1 amide bonds. The fraction of sp³-hybridized carbons (Fsp3) is 0.667. The number of amides is 1. The van der Waals surface area contributed by atoms with E-state index in [1.54, 1.807) is 18.4 Å². The molecular formula is C18H32IN5O2S. The molecule has 154 valence electrons. The van der Waals surface area contributed by atoms with Gasteiger partial charge in [-0.3, -0.25) is 14.7 Å². The largest absolute Gasteiger partial charge is 0.379 e. The molecule has 1 atom stereocenters. The molecule has 1 fully saturated rings. The van der Waals surface area contributed by atoms with Crippen LogP contribution in [0.5, 0.6) is 0 Å². The number of hydrogen-bond acceptors (Lipinski definition) is 5. The van der Waals surface area contributed by atoms with Gasteiger partial charge in [-0.05, 0) is 17.9 Å². The average molecular weight is 509 g/mol. The smallest absolute Gasteiger partial charge is 0.221 e. The molecule has 1 aliphatic rings. The first-order valence-corrected chi connectivity index (χ1v) is 10.2. The molecule has 0 radical (unpaired) electrons. The number of guanidine groups is 1. The number of morpholine rings is 1. The number of thiophene rings is 1. The zero-order chi connectivity index (χ0) is 18.6. The Labute approximate surface area is 183 Å². The number of rotatable bonds is 9. The van der Waals surface area contributed by atoms with Crippen LogP contribution in [0.4, 0.5) is 0 Å². The van der Waals surface area contributed by atoms with Gasteiger partial charge in [0.25, 0.3) is 0 Å². The van der Waals surface area contributed by atoms with E-state index in [0.717, 1.165) is 51.8 Å². The van der Waals surface area contributed by atoms with E-state index in [1.807, 2.05) is 6.92 Å². The summed E-state index contributed by atoms with van der Waals surface area (Å²) in [5, 5.41) is 11.6. The summed E-state index contributed by atoms with van der Waals surface area (Å²) >= 11 is 1.78. The Bertz CT molecular complexity index is 550. The van der Waals surface area contributed by atoms with Gasteiger partial charge in [0.1, 0.15) is 0 Å². The number of halogens is 1. The van der Waals surface area contributed by atoms with Crippen molar-refractivity contribution in [2.75, 3.05) is 53.0 Å². The number of nitrogens with zero attached hydrogens (tertiary/aromatic N) is 2. The molecule has 0 aromatic carbocycles. The second-order valence-electron chi connectivity index (χ2n) is 6.16. The highest BCUT2D eigenvalue weighted by molar-refractivity contribution is 14.0. The molecule has 1 aliphatic heterocycles. The third-order valence-electron chi connectivity index (χ3n) is 4.26. The molecule has 0 aliphatic carbocycles. The standard InChI is InChI=1S/C18H31N5O2S.HI/c1-3-7-20-17(24)6-8-21-18(19-2)22-14-15(16-5-4-13-26-16)23-9-11-25-12-10-23;/h4-5,13,15H,3,6-12,14H2,1-2H3,(H,20,24)(H2,19,21,22);1H. The van der Waals surface area contributed by atoms with Gasteiger partial charge in [-0.15, -0.1) is 35.3 Å². The highest BCUT2D eigenvalue weighted by atomic mass is 127. The van der Waals surface area contributed by atoms with E-state index in [9.17, 15) is 4.79 Å². The fourth-order valence-corrected chi connectivity index (χ4v) is 3.70. The third-order valence-corrected chi connectivity index (χ3v) is 5.23. The summed E-state index contributed by atoms with van der Waals surface area (Å²) in [4.78, 5) is 19.7. The quantitative estimate of drug-likeness (QED) is 0.269. The van der Waals surface area contributed by atoms with E-state index in [1.165, 1.54) is 4.88 Å². The lowest BCUT2D eigenvalue weighted by molar-refractivity contribution is -0.120. The molecule has 0 spiro atoms. The Kier molecular flexibility index (Phi) is 12.6. The van der Waals surface area contributed by atoms with Crippen molar-refractivity contribution in [3.05, 3.63) is 22.4 Å². The third kappa shape index (κ3) is 8.75. The molecule has 1 saturated heterocycles. The van der Waals surface area contributed by atoms with Crippen molar-refractivity contribution in [1.82, 2.24) is 20.9 Å². The number of aliphatic imine (C=N–C) groups is 1. The van der Waals surface area contributed by atoms with Gasteiger partial charge in [-0.2, -0.15) is 0 Å². The van der Waals surface area contributed by atoms with Crippen LogP contribution in [0.1, 0.15) is 30.7 Å². The van der Waals surface area contributed by atoms with Gasteiger partial charge in [-0.25, -0.2) is 0 Å². The Morgan fingerprint density at radius 1 is 1.30 bits per heavy atom. The first-order valence-electron chi connectivity index (χ1n) is 9.31. The summed E-state index contributed by atoms with van der Waals surface area (Å²) < 4.78 is 5.48. The van der Waals surface area contributed by atoms with Crippen LogP contribution in [0.15, 0.2) is 22.5 Å². The van der Waals surface area contributed by atoms with E-state index in [0.29, 0.717) is 19.0 Å².